The van der Waals surface area contributed by atoms with Crippen molar-refractivity contribution in [1.29, 1.82) is 0 Å². The number of hydrogen-bond donors (Lipinski definition) is 0. The number of hydrogen-bond acceptors (Lipinski definition) is 2. The van der Waals surface area contributed by atoms with Gasteiger partial charge in [0.15, 0.2) is 0 Å². The van der Waals surface area contributed by atoms with Crippen molar-refractivity contribution in [3.63, 3.8) is 0 Å². The van der Waals surface area contributed by atoms with Gasteiger partial charge in [-0.25, -0.2) is 0 Å². The minimum absolute atomic E-state index is 0.0238. The molecule has 0 bridgehead atoms. The number of halogens is 1. The van der Waals surface area contributed by atoms with Gasteiger partial charge in [0.25, 0.3) is 5.56 Å². The first kappa shape index (κ1) is 11.9. The van der Waals surface area contributed by atoms with Gasteiger partial charge in [0, 0.05) is 24.4 Å². The smallest absolute Gasteiger partial charge is 0.251 e. The van der Waals surface area contributed by atoms with Crippen LogP contribution in [0, 0.1) is 13.8 Å². The molecule has 0 amide bonds. The molecule has 0 aliphatic rings. The van der Waals surface area contributed by atoms with Crippen LogP contribution in [-0.2, 0) is 13.6 Å². The lowest BCUT2D eigenvalue weighted by atomic mass is 10.2. The molecular weight excluding hydrogens is 238 g/mol. The van der Waals surface area contributed by atoms with Gasteiger partial charge >= 0.3 is 0 Å². The topological polar surface area (TPSA) is 39.8 Å². The molecule has 0 aliphatic heterocycles. The van der Waals surface area contributed by atoms with Crippen molar-refractivity contribution in [1.82, 2.24) is 14.3 Å². The molecule has 2 rings (SSSR count). The van der Waals surface area contributed by atoms with Crippen molar-refractivity contribution in [2.75, 3.05) is 0 Å². The fourth-order valence-corrected chi connectivity index (χ4v) is 2.07. The molecule has 0 atom stereocenters. The normalized spacial score (nSPS) is 10.8. The molecule has 90 valence electrons. The van der Waals surface area contributed by atoms with Gasteiger partial charge in [-0.2, -0.15) is 5.10 Å². The van der Waals surface area contributed by atoms with Crippen LogP contribution in [0.2, 0.25) is 5.15 Å². The Hall–Kier alpha value is -1.55. The van der Waals surface area contributed by atoms with Gasteiger partial charge in [0.1, 0.15) is 5.15 Å². The average Bonchev–Trinajstić information content (AvgIpc) is 2.49. The lowest BCUT2D eigenvalue weighted by molar-refractivity contribution is 0.725. The zero-order chi connectivity index (χ0) is 12.6. The Morgan fingerprint density at radius 2 is 2.06 bits per heavy atom. The van der Waals surface area contributed by atoms with Crippen LogP contribution in [0.4, 0.5) is 0 Å². The minimum atomic E-state index is -0.0238. The third-order valence-corrected chi connectivity index (χ3v) is 3.33. The van der Waals surface area contributed by atoms with Crippen molar-refractivity contribution in [3.05, 3.63) is 50.7 Å². The summed E-state index contributed by atoms with van der Waals surface area (Å²) in [5.41, 5.74) is 2.64. The van der Waals surface area contributed by atoms with E-state index in [1.807, 2.05) is 19.9 Å². The summed E-state index contributed by atoms with van der Waals surface area (Å²) in [7, 11) is 1.79. The van der Waals surface area contributed by atoms with E-state index in [-0.39, 0.29) is 5.56 Å². The Kier molecular flexibility index (Phi) is 3.07. The van der Waals surface area contributed by atoms with Crippen LogP contribution in [0.25, 0.3) is 0 Å². The summed E-state index contributed by atoms with van der Waals surface area (Å²) in [5.74, 6) is 0. The quantitative estimate of drug-likeness (QED) is 0.818. The highest BCUT2D eigenvalue weighted by atomic mass is 35.5. The zero-order valence-electron chi connectivity index (χ0n) is 10.1. The van der Waals surface area contributed by atoms with Crippen molar-refractivity contribution in [3.8, 4) is 0 Å². The summed E-state index contributed by atoms with van der Waals surface area (Å²) in [4.78, 5) is 11.8. The van der Waals surface area contributed by atoms with E-state index in [1.165, 1.54) is 0 Å². The van der Waals surface area contributed by atoms with Gasteiger partial charge in [-0.3, -0.25) is 9.48 Å². The van der Waals surface area contributed by atoms with E-state index < -0.39 is 0 Å². The van der Waals surface area contributed by atoms with Crippen LogP contribution in [0.3, 0.4) is 0 Å². The number of rotatable bonds is 2. The SMILES string of the molecule is Cc1nn(C)c(Cl)c1Cn1c(C)cccc1=O. The first-order valence-electron chi connectivity index (χ1n) is 5.35. The van der Waals surface area contributed by atoms with Crippen LogP contribution >= 0.6 is 11.6 Å². The molecule has 17 heavy (non-hydrogen) atoms. The fraction of sp³-hybridized carbons (Fsp3) is 0.333. The first-order chi connectivity index (χ1) is 8.00. The molecule has 0 spiro atoms. The molecule has 4 nitrogen and oxygen atoms in total. The summed E-state index contributed by atoms with van der Waals surface area (Å²) in [6.07, 6.45) is 0. The van der Waals surface area contributed by atoms with Crippen molar-refractivity contribution in [2.45, 2.75) is 20.4 Å². The van der Waals surface area contributed by atoms with Gasteiger partial charge in [-0.15, -0.1) is 0 Å². The molecule has 2 aromatic heterocycles. The first-order valence-corrected chi connectivity index (χ1v) is 5.73. The van der Waals surface area contributed by atoms with E-state index in [2.05, 4.69) is 5.10 Å². The van der Waals surface area contributed by atoms with E-state index in [4.69, 9.17) is 11.6 Å². The zero-order valence-corrected chi connectivity index (χ0v) is 10.8. The summed E-state index contributed by atoms with van der Waals surface area (Å²) in [5, 5.41) is 4.82. The highest BCUT2D eigenvalue weighted by molar-refractivity contribution is 6.30. The molecular formula is C12H14ClN3O. The van der Waals surface area contributed by atoms with Crippen LogP contribution in [0.1, 0.15) is 17.0 Å². The molecule has 2 heterocycles. The molecule has 0 unspecified atom stereocenters. The maximum atomic E-state index is 11.8. The van der Waals surface area contributed by atoms with Gasteiger partial charge in [0.05, 0.1) is 12.2 Å². The Bertz CT molecular complexity index is 613. The van der Waals surface area contributed by atoms with E-state index in [0.29, 0.717) is 11.7 Å². The molecule has 0 aromatic carbocycles. The Morgan fingerprint density at radius 1 is 1.35 bits per heavy atom. The third kappa shape index (κ3) is 2.13. The van der Waals surface area contributed by atoms with Crippen LogP contribution in [0.15, 0.2) is 23.0 Å². The lowest BCUT2D eigenvalue weighted by Crippen LogP contribution is -2.21. The summed E-state index contributed by atoms with van der Waals surface area (Å²) in [6, 6.07) is 5.21. The number of nitrogens with zero attached hydrogens (tertiary/aromatic N) is 3. The minimum Gasteiger partial charge on any atom is -0.308 e. The van der Waals surface area contributed by atoms with Crippen molar-refractivity contribution in [2.24, 2.45) is 7.05 Å². The average molecular weight is 252 g/mol. The van der Waals surface area contributed by atoms with E-state index >= 15 is 0 Å². The predicted octanol–water partition coefficient (Wildman–Crippen LogP) is 1.90. The van der Waals surface area contributed by atoms with Gasteiger partial charge < -0.3 is 4.57 Å². The van der Waals surface area contributed by atoms with E-state index in [0.717, 1.165) is 17.0 Å². The maximum Gasteiger partial charge on any atom is 0.251 e. The highest BCUT2D eigenvalue weighted by Crippen LogP contribution is 2.19. The molecule has 0 radical (unpaired) electrons. The monoisotopic (exact) mass is 251 g/mol. The van der Waals surface area contributed by atoms with Crippen molar-refractivity contribution < 1.29 is 0 Å². The summed E-state index contributed by atoms with van der Waals surface area (Å²) < 4.78 is 3.31. The standard InChI is InChI=1S/C12H14ClN3O/c1-8-5-4-6-11(17)16(8)7-10-9(2)14-15(3)12(10)13/h4-6H,7H2,1-3H3. The Balaban J connectivity index is 2.49. The Morgan fingerprint density at radius 3 is 2.59 bits per heavy atom. The molecule has 0 saturated carbocycles. The van der Waals surface area contributed by atoms with Crippen LogP contribution in [0.5, 0.6) is 0 Å². The molecule has 5 heteroatoms. The lowest BCUT2D eigenvalue weighted by Gasteiger charge is -2.08. The second-order valence-corrected chi connectivity index (χ2v) is 4.43. The predicted molar refractivity (Wildman–Crippen MR) is 67.5 cm³/mol. The molecule has 2 aromatic rings. The molecule has 0 saturated heterocycles. The highest BCUT2D eigenvalue weighted by Gasteiger charge is 2.12. The third-order valence-electron chi connectivity index (χ3n) is 2.85. The largest absolute Gasteiger partial charge is 0.308 e. The second kappa shape index (κ2) is 4.37. The molecule has 0 fully saturated rings. The van der Waals surface area contributed by atoms with Crippen molar-refractivity contribution >= 4 is 11.6 Å². The second-order valence-electron chi connectivity index (χ2n) is 4.07. The van der Waals surface area contributed by atoms with Gasteiger partial charge in [-0.05, 0) is 19.9 Å². The molecule has 0 aliphatic carbocycles. The number of pyridine rings is 1. The van der Waals surface area contributed by atoms with Crippen LogP contribution < -0.4 is 5.56 Å². The van der Waals surface area contributed by atoms with Gasteiger partial charge in [-0.1, -0.05) is 17.7 Å². The summed E-state index contributed by atoms with van der Waals surface area (Å²) >= 11 is 6.15. The van der Waals surface area contributed by atoms with E-state index in [1.54, 1.807) is 28.4 Å². The molecule has 0 N–H and O–H groups in total. The number of aromatic nitrogens is 3. The van der Waals surface area contributed by atoms with E-state index in [9.17, 15) is 4.79 Å². The Labute approximate surface area is 104 Å². The fourth-order valence-electron chi connectivity index (χ4n) is 1.84. The van der Waals surface area contributed by atoms with Gasteiger partial charge in [0.2, 0.25) is 0 Å². The maximum absolute atomic E-state index is 11.8. The number of aryl methyl sites for hydroxylation is 3. The summed E-state index contributed by atoms with van der Waals surface area (Å²) in [6.45, 7) is 4.26. The van der Waals surface area contributed by atoms with Crippen LogP contribution in [-0.4, -0.2) is 14.3 Å².